The number of nitrogens with one attached hydrogen (secondary N) is 2. The molecule has 0 aromatic heterocycles. The van der Waals surface area contributed by atoms with Gasteiger partial charge in [0.25, 0.3) is 5.91 Å². The minimum absolute atomic E-state index is 0.0586. The smallest absolute Gasteiger partial charge is 0.257 e. The Hall–Kier alpha value is -2.24. The number of hydrogen-bond donors (Lipinski definition) is 3. The predicted molar refractivity (Wildman–Crippen MR) is 63.1 cm³/mol. The van der Waals surface area contributed by atoms with Gasteiger partial charge in [-0.1, -0.05) is 12.7 Å². The van der Waals surface area contributed by atoms with Crippen LogP contribution in [-0.2, 0) is 14.4 Å². The van der Waals surface area contributed by atoms with Gasteiger partial charge < -0.3 is 11.1 Å². The van der Waals surface area contributed by atoms with Crippen LogP contribution in [0.3, 0.4) is 0 Å². The van der Waals surface area contributed by atoms with Crippen molar-refractivity contribution < 1.29 is 19.4 Å². The second-order valence-corrected chi connectivity index (χ2v) is 3.23. The van der Waals surface area contributed by atoms with Crippen molar-refractivity contribution in [2.24, 2.45) is 5.73 Å². The third-order valence-electron chi connectivity index (χ3n) is 1.59. The van der Waals surface area contributed by atoms with Gasteiger partial charge in [-0.3, -0.25) is 14.4 Å². The van der Waals surface area contributed by atoms with Gasteiger partial charge in [-0.25, -0.2) is 4.99 Å². The van der Waals surface area contributed by atoms with E-state index in [1.54, 1.807) is 0 Å². The molecule has 0 heterocycles. The molecule has 92 valence electrons. The molecule has 17 heavy (non-hydrogen) atoms. The maximum absolute atomic E-state index is 11.5. The second-order valence-electron chi connectivity index (χ2n) is 3.23. The van der Waals surface area contributed by atoms with E-state index in [2.05, 4.69) is 16.9 Å². The van der Waals surface area contributed by atoms with Crippen LogP contribution in [0.25, 0.3) is 0 Å². The molecule has 0 rings (SSSR count). The minimum Gasteiger partial charge on any atom is -0.368 e. The third-order valence-corrected chi connectivity index (χ3v) is 1.59. The lowest BCUT2D eigenvalue weighted by atomic mass is 10.2. The molecule has 0 fully saturated rings. The Morgan fingerprint density at radius 1 is 1.41 bits per heavy atom. The normalized spacial score (nSPS) is 11.2. The Morgan fingerprint density at radius 2 is 2.06 bits per heavy atom. The van der Waals surface area contributed by atoms with Gasteiger partial charge in [0.05, 0.1) is 6.54 Å². The van der Waals surface area contributed by atoms with Gasteiger partial charge in [0.1, 0.15) is 5.57 Å². The van der Waals surface area contributed by atoms with Crippen molar-refractivity contribution in [1.82, 2.24) is 5.32 Å². The van der Waals surface area contributed by atoms with Crippen LogP contribution in [0, 0.1) is 0 Å². The standard InChI is InChI=1S/C11H15N3O3/c1-3-4-9(6-13-5-8(2)15)11(17)14-7-10(12)16/h3-4,6H,1,5,7H2,2H3,(H2,12,16)(H,14,17)/p+1/b9-4+,13-6?. The van der Waals surface area contributed by atoms with Crippen LogP contribution >= 0.6 is 0 Å². The maximum atomic E-state index is 11.5. The molecular formula is C11H16N3O3+. The van der Waals surface area contributed by atoms with Gasteiger partial charge >= 0.3 is 0 Å². The summed E-state index contributed by atoms with van der Waals surface area (Å²) >= 11 is 0. The molecule has 6 heteroatoms. The third kappa shape index (κ3) is 7.66. The van der Waals surface area contributed by atoms with E-state index >= 15 is 0 Å². The predicted octanol–water partition coefficient (Wildman–Crippen LogP) is -2.56. The second kappa shape index (κ2) is 7.98. The first-order valence-corrected chi connectivity index (χ1v) is 4.92. The summed E-state index contributed by atoms with van der Waals surface area (Å²) in [7, 11) is 0. The van der Waals surface area contributed by atoms with Crippen molar-refractivity contribution in [3.63, 3.8) is 0 Å². The van der Waals surface area contributed by atoms with Crippen molar-refractivity contribution in [3.05, 3.63) is 24.3 Å². The fourth-order valence-corrected chi connectivity index (χ4v) is 0.890. The molecule has 0 spiro atoms. The van der Waals surface area contributed by atoms with E-state index < -0.39 is 11.8 Å². The number of allylic oxidation sites excluding steroid dienone is 2. The number of hydrogen-bond acceptors (Lipinski definition) is 3. The fraction of sp³-hybridized carbons (Fsp3) is 0.273. The van der Waals surface area contributed by atoms with Crippen LogP contribution in [0.2, 0.25) is 0 Å². The quantitative estimate of drug-likeness (QED) is 0.258. The monoisotopic (exact) mass is 238 g/mol. The minimum atomic E-state index is -0.631. The van der Waals surface area contributed by atoms with Gasteiger partial charge in [-0.05, 0) is 6.08 Å². The number of amides is 2. The number of nitrogens with two attached hydrogens (primary N) is 1. The lowest BCUT2D eigenvalue weighted by Gasteiger charge is -2.00. The van der Waals surface area contributed by atoms with E-state index in [-0.39, 0.29) is 24.4 Å². The summed E-state index contributed by atoms with van der Waals surface area (Å²) < 4.78 is 0. The highest BCUT2D eigenvalue weighted by Gasteiger charge is 2.09. The molecule has 0 aromatic carbocycles. The number of carbonyl (C=O) groups excluding carboxylic acids is 3. The molecule has 0 saturated carbocycles. The van der Waals surface area contributed by atoms with Gasteiger partial charge in [0, 0.05) is 6.92 Å². The van der Waals surface area contributed by atoms with Crippen LogP contribution in [0.5, 0.6) is 0 Å². The van der Waals surface area contributed by atoms with Gasteiger partial charge in [-0.2, -0.15) is 0 Å². The van der Waals surface area contributed by atoms with Crippen molar-refractivity contribution in [3.8, 4) is 0 Å². The van der Waals surface area contributed by atoms with Crippen LogP contribution < -0.4 is 16.0 Å². The summed E-state index contributed by atoms with van der Waals surface area (Å²) in [4.78, 5) is 35.4. The molecule has 0 atom stereocenters. The van der Waals surface area contributed by atoms with Crippen molar-refractivity contribution in [2.45, 2.75) is 6.92 Å². The first-order chi connectivity index (χ1) is 7.97. The van der Waals surface area contributed by atoms with Gasteiger partial charge in [0.2, 0.25) is 5.91 Å². The lowest BCUT2D eigenvalue weighted by Crippen LogP contribution is -2.71. The number of primary amides is 1. The van der Waals surface area contributed by atoms with E-state index in [1.165, 1.54) is 25.3 Å². The maximum Gasteiger partial charge on any atom is 0.257 e. The van der Waals surface area contributed by atoms with Crippen LogP contribution in [0.15, 0.2) is 24.3 Å². The molecule has 0 radical (unpaired) electrons. The van der Waals surface area contributed by atoms with E-state index in [1.807, 2.05) is 0 Å². The summed E-state index contributed by atoms with van der Waals surface area (Å²) in [6.45, 7) is 4.76. The molecule has 0 aliphatic rings. The van der Waals surface area contributed by atoms with E-state index in [0.29, 0.717) is 0 Å². The Kier molecular flexibility index (Phi) is 6.92. The fourth-order valence-electron chi connectivity index (χ4n) is 0.890. The SMILES string of the molecule is C=C/C=C(\C=[NH+]CC(C)=O)C(=O)NCC(N)=O. The molecule has 2 amide bonds. The zero-order valence-electron chi connectivity index (χ0n) is 9.66. The number of rotatable bonds is 7. The van der Waals surface area contributed by atoms with Crippen LogP contribution in [0.4, 0.5) is 0 Å². The Morgan fingerprint density at radius 3 is 2.53 bits per heavy atom. The molecule has 0 aromatic rings. The Bertz CT molecular complexity index is 383. The number of ketones is 1. The van der Waals surface area contributed by atoms with Gasteiger partial charge in [0.15, 0.2) is 18.5 Å². The number of Topliss-reactive ketones (excluding diaryl/α,β-unsaturated/α-hetero) is 1. The van der Waals surface area contributed by atoms with Crippen molar-refractivity contribution in [2.75, 3.05) is 13.1 Å². The van der Waals surface area contributed by atoms with E-state index in [9.17, 15) is 14.4 Å². The lowest BCUT2D eigenvalue weighted by molar-refractivity contribution is -0.437. The van der Waals surface area contributed by atoms with Crippen molar-refractivity contribution in [1.29, 1.82) is 0 Å². The summed E-state index contributed by atoms with van der Waals surface area (Å²) in [6, 6.07) is 0. The van der Waals surface area contributed by atoms with Crippen LogP contribution in [-0.4, -0.2) is 36.9 Å². The molecule has 4 N–H and O–H groups in total. The average Bonchev–Trinajstić information content (AvgIpc) is 2.24. The first-order valence-electron chi connectivity index (χ1n) is 4.92. The summed E-state index contributed by atoms with van der Waals surface area (Å²) in [5.74, 6) is -1.16. The average molecular weight is 238 g/mol. The van der Waals surface area contributed by atoms with Crippen molar-refractivity contribution >= 4 is 23.8 Å². The molecule has 0 unspecified atom stereocenters. The zero-order chi connectivity index (χ0) is 13.3. The largest absolute Gasteiger partial charge is 0.368 e. The summed E-state index contributed by atoms with van der Waals surface area (Å²) in [6.07, 6.45) is 4.24. The summed E-state index contributed by atoms with van der Waals surface area (Å²) in [5, 5.41) is 2.32. The highest BCUT2D eigenvalue weighted by molar-refractivity contribution is 6.11. The van der Waals surface area contributed by atoms with Crippen LogP contribution in [0.1, 0.15) is 6.92 Å². The molecule has 6 nitrogen and oxygen atoms in total. The Balaban J connectivity index is 4.52. The topological polar surface area (TPSA) is 103 Å². The molecule has 0 bridgehead atoms. The molecule has 0 saturated heterocycles. The number of carbonyl (C=O) groups is 3. The van der Waals surface area contributed by atoms with E-state index in [0.717, 1.165) is 0 Å². The Labute approximate surface area is 99.3 Å². The highest BCUT2D eigenvalue weighted by atomic mass is 16.2. The first kappa shape index (κ1) is 14.8. The molecule has 0 aliphatic carbocycles. The highest BCUT2D eigenvalue weighted by Crippen LogP contribution is 1.88. The molecule has 0 aliphatic heterocycles. The van der Waals surface area contributed by atoms with E-state index in [4.69, 9.17) is 5.73 Å². The molecular weight excluding hydrogens is 222 g/mol. The van der Waals surface area contributed by atoms with Gasteiger partial charge in [-0.15, -0.1) is 0 Å². The summed E-state index contributed by atoms with van der Waals surface area (Å²) in [5.41, 5.74) is 5.14. The zero-order valence-corrected chi connectivity index (χ0v) is 9.66.